The number of rotatable bonds is 4. The van der Waals surface area contributed by atoms with Crippen LogP contribution in [0.2, 0.25) is 0 Å². The predicted molar refractivity (Wildman–Crippen MR) is 70.0 cm³/mol. The lowest BCUT2D eigenvalue weighted by molar-refractivity contribution is 0.659. The molecule has 1 saturated carbocycles. The van der Waals surface area contributed by atoms with Gasteiger partial charge in [-0.3, -0.25) is 4.99 Å². The summed E-state index contributed by atoms with van der Waals surface area (Å²) in [6.45, 7) is 4.28. The second-order valence-corrected chi connectivity index (χ2v) is 5.88. The van der Waals surface area contributed by atoms with E-state index in [2.05, 4.69) is 36.3 Å². The van der Waals surface area contributed by atoms with Crippen molar-refractivity contribution in [3.63, 3.8) is 0 Å². The standard InChI is InChI=1S/C12H19N3S/c1-8(7-11-6-3-9(2)16-11)14-12(13)15-10-4-5-10/h3,6,8,10H,4-5,7H2,1-2H3,(H3,13,14,15). The van der Waals surface area contributed by atoms with E-state index in [1.807, 2.05) is 11.3 Å². The molecule has 4 heteroatoms. The van der Waals surface area contributed by atoms with Gasteiger partial charge in [-0.1, -0.05) is 0 Å². The number of nitrogens with two attached hydrogens (primary N) is 1. The average Bonchev–Trinajstić information content (AvgIpc) is 2.89. The minimum Gasteiger partial charge on any atom is -0.370 e. The Kier molecular flexibility index (Phi) is 3.49. The lowest BCUT2D eigenvalue weighted by Crippen LogP contribution is -2.39. The third-order valence-electron chi connectivity index (χ3n) is 2.57. The van der Waals surface area contributed by atoms with Gasteiger partial charge in [0.25, 0.3) is 0 Å². The molecule has 1 aromatic heterocycles. The number of hydrogen-bond acceptors (Lipinski definition) is 2. The lowest BCUT2D eigenvalue weighted by Gasteiger charge is -2.13. The van der Waals surface area contributed by atoms with Gasteiger partial charge in [0.05, 0.1) is 6.04 Å². The molecule has 1 heterocycles. The zero-order valence-corrected chi connectivity index (χ0v) is 10.7. The van der Waals surface area contributed by atoms with Gasteiger partial charge < -0.3 is 11.1 Å². The molecule has 0 radical (unpaired) electrons. The third-order valence-corrected chi connectivity index (χ3v) is 3.59. The Balaban J connectivity index is 1.81. The molecule has 0 aromatic carbocycles. The van der Waals surface area contributed by atoms with Gasteiger partial charge in [-0.2, -0.15) is 0 Å². The normalized spacial score (nSPS) is 18.5. The van der Waals surface area contributed by atoms with Crippen LogP contribution < -0.4 is 11.1 Å². The van der Waals surface area contributed by atoms with Gasteiger partial charge in [-0.05, 0) is 38.8 Å². The Morgan fingerprint density at radius 2 is 2.38 bits per heavy atom. The van der Waals surface area contributed by atoms with Crippen LogP contribution in [0.25, 0.3) is 0 Å². The molecule has 16 heavy (non-hydrogen) atoms. The van der Waals surface area contributed by atoms with Crippen molar-refractivity contribution in [3.8, 4) is 0 Å². The van der Waals surface area contributed by atoms with Crippen LogP contribution in [0.1, 0.15) is 29.5 Å². The molecule has 1 aromatic rings. The summed E-state index contributed by atoms with van der Waals surface area (Å²) in [7, 11) is 0. The van der Waals surface area contributed by atoms with Crippen LogP contribution in [-0.4, -0.2) is 18.0 Å². The van der Waals surface area contributed by atoms with Crippen LogP contribution in [0.15, 0.2) is 17.1 Å². The van der Waals surface area contributed by atoms with Crippen molar-refractivity contribution in [2.75, 3.05) is 0 Å². The summed E-state index contributed by atoms with van der Waals surface area (Å²) in [5.41, 5.74) is 5.82. The summed E-state index contributed by atoms with van der Waals surface area (Å²) in [4.78, 5) is 7.12. The van der Waals surface area contributed by atoms with E-state index in [-0.39, 0.29) is 0 Å². The molecule has 0 aliphatic heterocycles. The van der Waals surface area contributed by atoms with E-state index in [1.54, 1.807) is 0 Å². The fourth-order valence-corrected chi connectivity index (χ4v) is 2.66. The van der Waals surface area contributed by atoms with E-state index in [4.69, 9.17) is 5.73 Å². The van der Waals surface area contributed by atoms with E-state index < -0.39 is 0 Å². The third kappa shape index (κ3) is 3.52. The Morgan fingerprint density at radius 3 is 2.94 bits per heavy atom. The summed E-state index contributed by atoms with van der Waals surface area (Å²) >= 11 is 1.85. The minimum atomic E-state index is 0.348. The maximum atomic E-state index is 5.82. The molecular weight excluding hydrogens is 218 g/mol. The smallest absolute Gasteiger partial charge is 0.189 e. The molecular formula is C12H19N3S. The van der Waals surface area contributed by atoms with E-state index >= 15 is 0 Å². The number of nitrogens with one attached hydrogen (secondary N) is 1. The first-order valence-electron chi connectivity index (χ1n) is 5.78. The molecule has 2 rings (SSSR count). The Bertz CT molecular complexity index is 379. The zero-order chi connectivity index (χ0) is 11.5. The Labute approximate surface area is 101 Å². The number of hydrogen-bond donors (Lipinski definition) is 2. The zero-order valence-electron chi connectivity index (χ0n) is 9.86. The van der Waals surface area contributed by atoms with Crippen LogP contribution in [0, 0.1) is 6.92 Å². The maximum absolute atomic E-state index is 5.82. The highest BCUT2D eigenvalue weighted by Crippen LogP contribution is 2.23. The van der Waals surface area contributed by atoms with Gasteiger partial charge in [0, 0.05) is 22.2 Å². The summed E-state index contributed by atoms with van der Waals surface area (Å²) in [6, 6.07) is 5.19. The summed E-state index contributed by atoms with van der Waals surface area (Å²) in [6.07, 6.45) is 3.40. The van der Waals surface area contributed by atoms with Crippen LogP contribution >= 0.6 is 11.3 Å². The first kappa shape index (κ1) is 11.5. The quantitative estimate of drug-likeness (QED) is 0.622. The predicted octanol–water partition coefficient (Wildman–Crippen LogP) is 2.05. The summed E-state index contributed by atoms with van der Waals surface area (Å²) in [5.74, 6) is 0.600. The topological polar surface area (TPSA) is 50.4 Å². The average molecular weight is 237 g/mol. The highest BCUT2D eigenvalue weighted by Gasteiger charge is 2.20. The molecule has 1 aliphatic carbocycles. The van der Waals surface area contributed by atoms with Gasteiger partial charge in [0.2, 0.25) is 0 Å². The van der Waals surface area contributed by atoms with Crippen molar-refractivity contribution in [1.29, 1.82) is 0 Å². The second kappa shape index (κ2) is 4.87. The molecule has 0 spiro atoms. The van der Waals surface area contributed by atoms with Crippen molar-refractivity contribution in [1.82, 2.24) is 5.32 Å². The Morgan fingerprint density at radius 1 is 1.62 bits per heavy atom. The molecule has 88 valence electrons. The van der Waals surface area contributed by atoms with Crippen molar-refractivity contribution in [2.24, 2.45) is 10.7 Å². The van der Waals surface area contributed by atoms with E-state index in [0.29, 0.717) is 18.0 Å². The van der Waals surface area contributed by atoms with Gasteiger partial charge >= 0.3 is 0 Å². The van der Waals surface area contributed by atoms with Crippen molar-refractivity contribution in [2.45, 2.75) is 45.2 Å². The van der Waals surface area contributed by atoms with Crippen LogP contribution in [0.4, 0.5) is 0 Å². The van der Waals surface area contributed by atoms with Gasteiger partial charge in [0.15, 0.2) is 5.96 Å². The highest BCUT2D eigenvalue weighted by molar-refractivity contribution is 7.11. The molecule has 1 atom stereocenters. The largest absolute Gasteiger partial charge is 0.370 e. The van der Waals surface area contributed by atoms with Crippen molar-refractivity contribution >= 4 is 17.3 Å². The van der Waals surface area contributed by atoms with Gasteiger partial charge in [-0.15, -0.1) is 11.3 Å². The molecule has 0 bridgehead atoms. The van der Waals surface area contributed by atoms with Crippen LogP contribution in [-0.2, 0) is 6.42 Å². The van der Waals surface area contributed by atoms with E-state index in [9.17, 15) is 0 Å². The summed E-state index contributed by atoms with van der Waals surface area (Å²) < 4.78 is 0. The number of guanidine groups is 1. The summed E-state index contributed by atoms with van der Waals surface area (Å²) in [5, 5.41) is 3.24. The second-order valence-electron chi connectivity index (χ2n) is 4.51. The van der Waals surface area contributed by atoms with Gasteiger partial charge in [0.1, 0.15) is 0 Å². The fourth-order valence-electron chi connectivity index (χ4n) is 1.64. The highest BCUT2D eigenvalue weighted by atomic mass is 32.1. The molecule has 3 N–H and O–H groups in total. The number of thiophene rings is 1. The minimum absolute atomic E-state index is 0.348. The van der Waals surface area contributed by atoms with Crippen LogP contribution in [0.3, 0.4) is 0 Å². The molecule has 0 amide bonds. The van der Waals surface area contributed by atoms with Crippen molar-refractivity contribution in [3.05, 3.63) is 21.9 Å². The first-order valence-corrected chi connectivity index (χ1v) is 6.60. The SMILES string of the molecule is Cc1ccc(CC(C)NC(N)=NC2CC2)s1. The molecule has 1 aliphatic rings. The molecule has 1 fully saturated rings. The number of aryl methyl sites for hydroxylation is 1. The Hall–Kier alpha value is -1.03. The lowest BCUT2D eigenvalue weighted by atomic mass is 10.2. The number of nitrogens with zero attached hydrogens (tertiary/aromatic N) is 1. The fraction of sp³-hybridized carbons (Fsp3) is 0.583. The molecule has 0 saturated heterocycles. The first-order chi connectivity index (χ1) is 7.63. The van der Waals surface area contributed by atoms with Gasteiger partial charge in [-0.25, -0.2) is 0 Å². The van der Waals surface area contributed by atoms with E-state index in [0.717, 1.165) is 6.42 Å². The molecule has 3 nitrogen and oxygen atoms in total. The van der Waals surface area contributed by atoms with Crippen molar-refractivity contribution < 1.29 is 0 Å². The number of aliphatic imine (C=N–C) groups is 1. The maximum Gasteiger partial charge on any atom is 0.189 e. The molecule has 1 unspecified atom stereocenters. The van der Waals surface area contributed by atoms with E-state index in [1.165, 1.54) is 22.6 Å². The monoisotopic (exact) mass is 237 g/mol. The van der Waals surface area contributed by atoms with Crippen LogP contribution in [0.5, 0.6) is 0 Å².